The Morgan fingerprint density at radius 3 is 2.78 bits per heavy atom. The molecule has 7 aliphatic rings. The van der Waals surface area contributed by atoms with Gasteiger partial charge >= 0.3 is 0 Å². The van der Waals surface area contributed by atoms with Crippen LogP contribution in [-0.2, 0) is 9.59 Å². The van der Waals surface area contributed by atoms with Crippen molar-refractivity contribution in [2.24, 2.45) is 28.7 Å². The third-order valence-corrected chi connectivity index (χ3v) is 8.96. The molecule has 0 aromatic rings. The van der Waals surface area contributed by atoms with E-state index in [1.807, 2.05) is 17.1 Å². The Labute approximate surface area is 211 Å². The van der Waals surface area contributed by atoms with Crippen LogP contribution in [0.4, 0.5) is 4.39 Å². The van der Waals surface area contributed by atoms with E-state index in [4.69, 9.17) is 4.99 Å². The van der Waals surface area contributed by atoms with E-state index in [2.05, 4.69) is 35.7 Å². The van der Waals surface area contributed by atoms with E-state index in [0.717, 1.165) is 45.2 Å². The van der Waals surface area contributed by atoms with Gasteiger partial charge in [0.15, 0.2) is 0 Å². The normalized spacial score (nSPS) is 34.4. The first-order valence-electron chi connectivity index (χ1n) is 13.6. The molecular formula is C29H33FN4O2. The van der Waals surface area contributed by atoms with Crippen LogP contribution in [0.5, 0.6) is 0 Å². The first kappa shape index (κ1) is 22.4. The Hall–Kier alpha value is -2.80. The maximum absolute atomic E-state index is 15.7. The molecule has 0 bridgehead atoms. The molecule has 1 N–H and O–H groups in total. The van der Waals surface area contributed by atoms with Crippen LogP contribution in [0.3, 0.4) is 0 Å². The fourth-order valence-electron chi connectivity index (χ4n) is 6.44. The van der Waals surface area contributed by atoms with Crippen molar-refractivity contribution in [2.45, 2.75) is 50.1 Å². The number of carbonyl (C=O) groups excluding carboxylic acids is 2. The number of hydrogen-bond acceptors (Lipinski definition) is 4. The van der Waals surface area contributed by atoms with Gasteiger partial charge in [0.05, 0.1) is 6.04 Å². The third kappa shape index (κ3) is 3.83. The van der Waals surface area contributed by atoms with Gasteiger partial charge in [0.2, 0.25) is 5.91 Å². The molecule has 3 aliphatic heterocycles. The SMILES string of the molecule is O=C(C1CC1)N1CC[C@@H](CN2C(=O)C3(CC3)N=C2C2=C(F)CC(C3C=C4C=CC=CC4NC3)C=C2)C1. The van der Waals surface area contributed by atoms with Gasteiger partial charge in [0.25, 0.3) is 5.91 Å². The van der Waals surface area contributed by atoms with Crippen molar-refractivity contribution < 1.29 is 14.0 Å². The summed E-state index contributed by atoms with van der Waals surface area (Å²) < 4.78 is 15.7. The zero-order valence-electron chi connectivity index (χ0n) is 20.5. The molecule has 6 nitrogen and oxygen atoms in total. The van der Waals surface area contributed by atoms with Crippen molar-refractivity contribution in [3.05, 3.63) is 59.5 Å². The Balaban J connectivity index is 1.07. The molecule has 3 heterocycles. The number of nitrogens with zero attached hydrogens (tertiary/aromatic N) is 3. The smallest absolute Gasteiger partial charge is 0.256 e. The zero-order chi connectivity index (χ0) is 24.4. The number of fused-ring (bicyclic) bond motifs is 1. The van der Waals surface area contributed by atoms with Gasteiger partial charge < -0.3 is 10.2 Å². The van der Waals surface area contributed by atoms with Gasteiger partial charge in [0.1, 0.15) is 17.2 Å². The topological polar surface area (TPSA) is 65.0 Å². The lowest BCUT2D eigenvalue weighted by Gasteiger charge is -2.33. The summed E-state index contributed by atoms with van der Waals surface area (Å²) >= 11 is 0. The maximum atomic E-state index is 15.7. The number of amidine groups is 1. The average Bonchev–Trinajstić information content (AvgIpc) is 3.82. The van der Waals surface area contributed by atoms with Crippen LogP contribution in [0.25, 0.3) is 0 Å². The minimum Gasteiger partial charge on any atom is -0.342 e. The molecule has 2 saturated carbocycles. The number of amides is 2. The highest BCUT2D eigenvalue weighted by Gasteiger charge is 2.58. The second-order valence-electron chi connectivity index (χ2n) is 11.6. The summed E-state index contributed by atoms with van der Waals surface area (Å²) in [6.07, 6.45) is 19.4. The molecular weight excluding hydrogens is 455 g/mol. The molecule has 7 heteroatoms. The number of nitrogens with one attached hydrogen (secondary N) is 1. The molecule has 2 amide bonds. The van der Waals surface area contributed by atoms with Crippen LogP contribution in [-0.4, -0.2) is 65.2 Å². The fraction of sp³-hybridized carbons (Fsp3) is 0.552. The molecule has 0 aromatic heterocycles. The molecule has 1 spiro atoms. The fourth-order valence-corrected chi connectivity index (χ4v) is 6.44. The van der Waals surface area contributed by atoms with Crippen LogP contribution in [0.15, 0.2) is 64.5 Å². The van der Waals surface area contributed by atoms with Crippen molar-refractivity contribution in [1.29, 1.82) is 0 Å². The standard InChI is InChI=1S/C29H33FN4O2/c30-24-14-20(22-13-21-3-1-2-4-25(21)31-15-22)7-8-23(24)26-32-29(10-11-29)28(36)34(26)17-18-9-12-33(16-18)27(35)19-5-6-19/h1-4,7-8,13,18-20,22,25,31H,5-6,9-12,14-17H2/t18-,20?,22?,25?/m1/s1. The van der Waals surface area contributed by atoms with Gasteiger partial charge in [-0.1, -0.05) is 42.5 Å². The highest BCUT2D eigenvalue weighted by Crippen LogP contribution is 2.47. The van der Waals surface area contributed by atoms with Crippen LogP contribution in [0.1, 0.15) is 38.5 Å². The molecule has 3 fully saturated rings. The second kappa shape index (κ2) is 8.37. The first-order valence-corrected chi connectivity index (χ1v) is 13.6. The number of hydrogen-bond donors (Lipinski definition) is 1. The molecule has 0 aromatic carbocycles. The van der Waals surface area contributed by atoms with E-state index in [0.29, 0.717) is 30.9 Å². The monoisotopic (exact) mass is 488 g/mol. The Morgan fingerprint density at radius 1 is 1.14 bits per heavy atom. The second-order valence-corrected chi connectivity index (χ2v) is 11.6. The van der Waals surface area contributed by atoms with Gasteiger partial charge in [-0.05, 0) is 55.4 Å². The quantitative estimate of drug-likeness (QED) is 0.645. The zero-order valence-corrected chi connectivity index (χ0v) is 20.5. The molecule has 4 atom stereocenters. The Bertz CT molecular complexity index is 1190. The van der Waals surface area contributed by atoms with Crippen molar-refractivity contribution >= 4 is 17.6 Å². The molecule has 4 aliphatic carbocycles. The van der Waals surface area contributed by atoms with E-state index < -0.39 is 5.54 Å². The first-order chi connectivity index (χ1) is 17.5. The number of halogens is 1. The van der Waals surface area contributed by atoms with Crippen molar-refractivity contribution in [1.82, 2.24) is 15.1 Å². The van der Waals surface area contributed by atoms with Crippen LogP contribution in [0.2, 0.25) is 0 Å². The van der Waals surface area contributed by atoms with E-state index in [1.54, 1.807) is 4.90 Å². The summed E-state index contributed by atoms with van der Waals surface area (Å²) in [6, 6.07) is 0.253. The molecule has 7 rings (SSSR count). The van der Waals surface area contributed by atoms with Crippen molar-refractivity contribution in [3.63, 3.8) is 0 Å². The van der Waals surface area contributed by atoms with Crippen molar-refractivity contribution in [3.8, 4) is 0 Å². The summed E-state index contributed by atoms with van der Waals surface area (Å²) in [6.45, 7) is 2.78. The van der Waals surface area contributed by atoms with E-state index >= 15 is 4.39 Å². The predicted octanol–water partition coefficient (Wildman–Crippen LogP) is 3.46. The van der Waals surface area contributed by atoms with E-state index in [-0.39, 0.29) is 47.4 Å². The molecule has 36 heavy (non-hydrogen) atoms. The van der Waals surface area contributed by atoms with E-state index in [9.17, 15) is 9.59 Å². The lowest BCUT2D eigenvalue weighted by atomic mass is 9.80. The Morgan fingerprint density at radius 2 is 2.00 bits per heavy atom. The summed E-state index contributed by atoms with van der Waals surface area (Å²) in [5, 5.41) is 3.56. The van der Waals surface area contributed by atoms with Gasteiger partial charge in [-0.25, -0.2) is 4.39 Å². The number of rotatable bonds is 5. The van der Waals surface area contributed by atoms with Crippen LogP contribution in [0, 0.1) is 23.7 Å². The maximum Gasteiger partial charge on any atom is 0.256 e. The number of likely N-dealkylation sites (tertiary alicyclic amines) is 1. The summed E-state index contributed by atoms with van der Waals surface area (Å²) in [7, 11) is 0. The highest BCUT2D eigenvalue weighted by atomic mass is 19.1. The Kier molecular flexibility index (Phi) is 5.21. The van der Waals surface area contributed by atoms with Gasteiger partial charge in [-0.15, -0.1) is 0 Å². The average molecular weight is 489 g/mol. The van der Waals surface area contributed by atoms with E-state index in [1.165, 1.54) is 5.57 Å². The molecule has 188 valence electrons. The summed E-state index contributed by atoms with van der Waals surface area (Å²) in [5.41, 5.74) is 1.06. The van der Waals surface area contributed by atoms with Gasteiger partial charge in [-0.3, -0.25) is 19.5 Å². The minimum atomic E-state index is -0.664. The lowest BCUT2D eigenvalue weighted by Crippen LogP contribution is -2.42. The largest absolute Gasteiger partial charge is 0.342 e. The molecule has 1 saturated heterocycles. The van der Waals surface area contributed by atoms with Crippen molar-refractivity contribution in [2.75, 3.05) is 26.2 Å². The molecule has 0 radical (unpaired) electrons. The number of carbonyl (C=O) groups is 2. The number of allylic oxidation sites excluding steroid dienone is 4. The van der Waals surface area contributed by atoms with Gasteiger partial charge in [0, 0.05) is 44.1 Å². The van der Waals surface area contributed by atoms with Crippen LogP contribution < -0.4 is 5.32 Å². The van der Waals surface area contributed by atoms with Gasteiger partial charge in [-0.2, -0.15) is 0 Å². The third-order valence-electron chi connectivity index (χ3n) is 8.96. The highest BCUT2D eigenvalue weighted by molar-refractivity contribution is 6.17. The predicted molar refractivity (Wildman–Crippen MR) is 136 cm³/mol. The summed E-state index contributed by atoms with van der Waals surface area (Å²) in [5.74, 6) is 1.36. The van der Waals surface area contributed by atoms with Crippen LogP contribution >= 0.6 is 0 Å². The molecule has 3 unspecified atom stereocenters. The lowest BCUT2D eigenvalue weighted by molar-refractivity contribution is -0.131. The number of aliphatic imine (C=N–C) groups is 1. The minimum absolute atomic E-state index is 0.0182. The summed E-state index contributed by atoms with van der Waals surface area (Å²) in [4.78, 5) is 34.4.